The molecule has 0 radical (unpaired) electrons. The molecule has 0 bridgehead atoms. The van der Waals surface area contributed by atoms with E-state index in [0.29, 0.717) is 5.92 Å². The standard InChI is InChI=1S/C19H31N/c1-14(2)12-20-13-19-10-9-18(19)11-16-5-7-17(8-6-16)15(3)4/h5-8,14-15,18-20H,9-13H2,1-4H3. The van der Waals surface area contributed by atoms with Crippen molar-refractivity contribution in [2.75, 3.05) is 13.1 Å². The third kappa shape index (κ3) is 4.34. The average Bonchev–Trinajstić information content (AvgIpc) is 2.40. The van der Waals surface area contributed by atoms with Crippen LogP contribution in [0.4, 0.5) is 0 Å². The minimum atomic E-state index is 0.640. The van der Waals surface area contributed by atoms with Gasteiger partial charge in [-0.2, -0.15) is 0 Å². The van der Waals surface area contributed by atoms with Crippen LogP contribution in [-0.2, 0) is 6.42 Å². The Balaban J connectivity index is 1.78. The van der Waals surface area contributed by atoms with Crippen molar-refractivity contribution in [1.29, 1.82) is 0 Å². The molecule has 0 saturated heterocycles. The van der Waals surface area contributed by atoms with Gasteiger partial charge in [0.2, 0.25) is 0 Å². The molecule has 1 saturated carbocycles. The number of hydrogen-bond acceptors (Lipinski definition) is 1. The summed E-state index contributed by atoms with van der Waals surface area (Å²) in [6.07, 6.45) is 4.10. The molecular formula is C19H31N. The Morgan fingerprint density at radius 3 is 2.15 bits per heavy atom. The molecule has 1 heteroatoms. The van der Waals surface area contributed by atoms with Crippen LogP contribution in [0.5, 0.6) is 0 Å². The molecule has 0 spiro atoms. The molecule has 1 aromatic carbocycles. The molecule has 2 unspecified atom stereocenters. The SMILES string of the molecule is CC(C)CNCC1CCC1Cc1ccc(C(C)C)cc1. The lowest BCUT2D eigenvalue weighted by molar-refractivity contribution is 0.169. The summed E-state index contributed by atoms with van der Waals surface area (Å²) in [6, 6.07) is 9.30. The molecular weight excluding hydrogens is 242 g/mol. The first-order valence-electron chi connectivity index (χ1n) is 8.35. The summed E-state index contributed by atoms with van der Waals surface area (Å²) >= 11 is 0. The summed E-state index contributed by atoms with van der Waals surface area (Å²) < 4.78 is 0. The molecule has 2 rings (SSSR count). The first-order chi connectivity index (χ1) is 9.56. The van der Waals surface area contributed by atoms with Crippen molar-refractivity contribution in [3.8, 4) is 0 Å². The maximum Gasteiger partial charge on any atom is -0.00176 e. The van der Waals surface area contributed by atoms with Crippen LogP contribution in [0, 0.1) is 17.8 Å². The molecule has 20 heavy (non-hydrogen) atoms. The summed E-state index contributed by atoms with van der Waals surface area (Å²) in [4.78, 5) is 0. The summed E-state index contributed by atoms with van der Waals surface area (Å²) in [7, 11) is 0. The van der Waals surface area contributed by atoms with E-state index in [1.807, 2.05) is 0 Å². The van der Waals surface area contributed by atoms with Crippen LogP contribution in [0.1, 0.15) is 57.6 Å². The van der Waals surface area contributed by atoms with Gasteiger partial charge in [-0.15, -0.1) is 0 Å². The molecule has 0 aliphatic heterocycles. The maximum atomic E-state index is 3.63. The van der Waals surface area contributed by atoms with Gasteiger partial charge in [-0.1, -0.05) is 52.0 Å². The van der Waals surface area contributed by atoms with Crippen molar-refractivity contribution < 1.29 is 0 Å². The fraction of sp³-hybridized carbons (Fsp3) is 0.684. The molecule has 1 aliphatic rings. The second-order valence-corrected chi connectivity index (χ2v) is 7.25. The van der Waals surface area contributed by atoms with Crippen LogP contribution in [0.3, 0.4) is 0 Å². The third-order valence-electron chi connectivity index (χ3n) is 4.68. The van der Waals surface area contributed by atoms with Gasteiger partial charge in [-0.3, -0.25) is 0 Å². The van der Waals surface area contributed by atoms with Crippen molar-refractivity contribution in [3.05, 3.63) is 35.4 Å². The van der Waals surface area contributed by atoms with E-state index in [4.69, 9.17) is 0 Å². The van der Waals surface area contributed by atoms with E-state index in [1.54, 1.807) is 0 Å². The van der Waals surface area contributed by atoms with Crippen LogP contribution in [0.25, 0.3) is 0 Å². The Hall–Kier alpha value is -0.820. The summed E-state index contributed by atoms with van der Waals surface area (Å²) in [6.45, 7) is 11.5. The van der Waals surface area contributed by atoms with Crippen LogP contribution < -0.4 is 5.32 Å². The first-order valence-corrected chi connectivity index (χ1v) is 8.35. The second-order valence-electron chi connectivity index (χ2n) is 7.25. The van der Waals surface area contributed by atoms with E-state index in [-0.39, 0.29) is 0 Å². The number of hydrogen-bond donors (Lipinski definition) is 1. The fourth-order valence-corrected chi connectivity index (χ4v) is 3.07. The average molecular weight is 273 g/mol. The molecule has 0 amide bonds. The Morgan fingerprint density at radius 1 is 1.00 bits per heavy atom. The van der Waals surface area contributed by atoms with Gasteiger partial charge in [-0.25, -0.2) is 0 Å². The van der Waals surface area contributed by atoms with E-state index in [9.17, 15) is 0 Å². The lowest BCUT2D eigenvalue weighted by Crippen LogP contribution is -2.37. The van der Waals surface area contributed by atoms with Gasteiger partial charge in [-0.05, 0) is 67.2 Å². The van der Waals surface area contributed by atoms with Crippen molar-refractivity contribution in [2.24, 2.45) is 17.8 Å². The van der Waals surface area contributed by atoms with Gasteiger partial charge < -0.3 is 5.32 Å². The van der Waals surface area contributed by atoms with E-state index in [1.165, 1.54) is 36.9 Å². The number of nitrogens with one attached hydrogen (secondary N) is 1. The van der Waals surface area contributed by atoms with Crippen LogP contribution in [-0.4, -0.2) is 13.1 Å². The van der Waals surface area contributed by atoms with Crippen LogP contribution >= 0.6 is 0 Å². The molecule has 2 atom stereocenters. The highest BCUT2D eigenvalue weighted by Gasteiger charge is 2.30. The Morgan fingerprint density at radius 2 is 1.65 bits per heavy atom. The van der Waals surface area contributed by atoms with Gasteiger partial charge in [0.15, 0.2) is 0 Å². The van der Waals surface area contributed by atoms with Crippen molar-refractivity contribution >= 4 is 0 Å². The number of rotatable bonds is 7. The quantitative estimate of drug-likeness (QED) is 0.764. The van der Waals surface area contributed by atoms with Gasteiger partial charge in [0.05, 0.1) is 0 Å². The predicted molar refractivity (Wildman–Crippen MR) is 88.2 cm³/mol. The molecule has 0 aromatic heterocycles. The van der Waals surface area contributed by atoms with E-state index in [0.717, 1.165) is 24.3 Å². The highest BCUT2D eigenvalue weighted by atomic mass is 14.9. The van der Waals surface area contributed by atoms with Gasteiger partial charge in [0, 0.05) is 0 Å². The second kappa shape index (κ2) is 7.26. The largest absolute Gasteiger partial charge is 0.316 e. The first kappa shape index (κ1) is 15.6. The van der Waals surface area contributed by atoms with Gasteiger partial charge in [0.1, 0.15) is 0 Å². The van der Waals surface area contributed by atoms with Crippen LogP contribution in [0.2, 0.25) is 0 Å². The van der Waals surface area contributed by atoms with Crippen molar-refractivity contribution in [1.82, 2.24) is 5.32 Å². The lowest BCUT2D eigenvalue weighted by Gasteiger charge is -2.37. The predicted octanol–water partition coefficient (Wildman–Crippen LogP) is 4.62. The summed E-state index contributed by atoms with van der Waals surface area (Å²) in [5.74, 6) is 3.20. The van der Waals surface area contributed by atoms with E-state index < -0.39 is 0 Å². The molecule has 1 N–H and O–H groups in total. The minimum absolute atomic E-state index is 0.640. The Labute approximate surface area is 125 Å². The molecule has 0 heterocycles. The van der Waals surface area contributed by atoms with E-state index >= 15 is 0 Å². The van der Waals surface area contributed by atoms with Gasteiger partial charge >= 0.3 is 0 Å². The fourth-order valence-electron chi connectivity index (χ4n) is 3.07. The number of benzene rings is 1. The highest BCUT2D eigenvalue weighted by molar-refractivity contribution is 5.25. The zero-order valence-corrected chi connectivity index (χ0v) is 13.7. The normalized spacial score (nSPS) is 22.3. The maximum absolute atomic E-state index is 3.63. The van der Waals surface area contributed by atoms with Crippen LogP contribution in [0.15, 0.2) is 24.3 Å². The van der Waals surface area contributed by atoms with Crippen molar-refractivity contribution in [2.45, 2.75) is 52.9 Å². The topological polar surface area (TPSA) is 12.0 Å². The smallest absolute Gasteiger partial charge is 0.00176 e. The summed E-state index contributed by atoms with van der Waals surface area (Å²) in [5, 5.41) is 3.63. The Bertz CT molecular complexity index is 391. The zero-order chi connectivity index (χ0) is 14.5. The van der Waals surface area contributed by atoms with E-state index in [2.05, 4.69) is 57.3 Å². The van der Waals surface area contributed by atoms with Crippen molar-refractivity contribution in [3.63, 3.8) is 0 Å². The lowest BCUT2D eigenvalue weighted by atomic mass is 9.70. The van der Waals surface area contributed by atoms with Gasteiger partial charge in [0.25, 0.3) is 0 Å². The molecule has 1 nitrogen and oxygen atoms in total. The molecule has 1 aliphatic carbocycles. The molecule has 112 valence electrons. The third-order valence-corrected chi connectivity index (χ3v) is 4.68. The highest BCUT2D eigenvalue weighted by Crippen LogP contribution is 2.36. The minimum Gasteiger partial charge on any atom is -0.316 e. The molecule has 1 fully saturated rings. The Kier molecular flexibility index (Phi) is 5.65. The molecule has 1 aromatic rings. The zero-order valence-electron chi connectivity index (χ0n) is 13.7. The monoisotopic (exact) mass is 273 g/mol. The summed E-state index contributed by atoms with van der Waals surface area (Å²) in [5.41, 5.74) is 2.98.